The average molecular weight is 377 g/mol. The summed E-state index contributed by atoms with van der Waals surface area (Å²) < 4.78 is 5.52. The molecular formula is C19H28N4O2S. The molecule has 0 spiro atoms. The molecule has 142 valence electrons. The van der Waals surface area contributed by atoms with Gasteiger partial charge in [-0.2, -0.15) is 4.98 Å². The summed E-state index contributed by atoms with van der Waals surface area (Å²) in [7, 11) is 0. The van der Waals surface area contributed by atoms with Gasteiger partial charge in [0.05, 0.1) is 0 Å². The molecule has 7 heteroatoms. The van der Waals surface area contributed by atoms with E-state index in [0.29, 0.717) is 0 Å². The molecule has 0 N–H and O–H groups in total. The molecule has 0 bridgehead atoms. The number of likely N-dealkylation sites (tertiary alicyclic amines) is 1. The number of nitrogens with zero attached hydrogens (tertiary/aromatic N) is 4. The van der Waals surface area contributed by atoms with Crippen molar-refractivity contribution in [1.82, 2.24) is 19.9 Å². The number of aryl methyl sites for hydroxylation is 1. The molecule has 1 fully saturated rings. The van der Waals surface area contributed by atoms with E-state index in [-0.39, 0.29) is 18.0 Å². The van der Waals surface area contributed by atoms with Crippen LogP contribution >= 0.6 is 11.3 Å². The third-order valence-electron chi connectivity index (χ3n) is 4.94. The number of urea groups is 1. The van der Waals surface area contributed by atoms with Gasteiger partial charge in [0.2, 0.25) is 5.89 Å². The van der Waals surface area contributed by atoms with Gasteiger partial charge in [0.1, 0.15) is 0 Å². The second-order valence-corrected chi connectivity index (χ2v) is 8.53. The van der Waals surface area contributed by atoms with Crippen LogP contribution < -0.4 is 0 Å². The Hall–Kier alpha value is -1.89. The first kappa shape index (κ1) is 18.9. The molecule has 0 aromatic carbocycles. The van der Waals surface area contributed by atoms with Crippen molar-refractivity contribution in [2.24, 2.45) is 0 Å². The van der Waals surface area contributed by atoms with Gasteiger partial charge in [-0.05, 0) is 52.7 Å². The van der Waals surface area contributed by atoms with Crippen molar-refractivity contribution in [2.45, 2.75) is 58.9 Å². The number of hydrogen-bond donors (Lipinski definition) is 0. The zero-order chi connectivity index (χ0) is 18.7. The molecule has 0 saturated carbocycles. The Morgan fingerprint density at radius 1 is 1.38 bits per heavy atom. The molecular weight excluding hydrogens is 348 g/mol. The third-order valence-corrected chi connectivity index (χ3v) is 5.94. The molecule has 0 radical (unpaired) electrons. The first-order chi connectivity index (χ1) is 12.5. The number of thiophene rings is 1. The van der Waals surface area contributed by atoms with Crippen molar-refractivity contribution in [2.75, 3.05) is 19.6 Å². The van der Waals surface area contributed by atoms with Crippen LogP contribution in [0, 0.1) is 6.92 Å². The number of carbonyl (C=O) groups is 1. The van der Waals surface area contributed by atoms with Crippen LogP contribution in [-0.4, -0.2) is 51.6 Å². The lowest BCUT2D eigenvalue weighted by Crippen LogP contribution is -2.48. The lowest BCUT2D eigenvalue weighted by molar-refractivity contribution is 0.128. The number of aromatic nitrogens is 2. The average Bonchev–Trinajstić information content (AvgIpc) is 3.25. The van der Waals surface area contributed by atoms with Crippen LogP contribution in [0.3, 0.4) is 0 Å². The van der Waals surface area contributed by atoms with Crippen molar-refractivity contribution in [1.29, 1.82) is 0 Å². The smallest absolute Gasteiger partial charge is 0.320 e. The van der Waals surface area contributed by atoms with Crippen LogP contribution in [0.25, 0.3) is 0 Å². The van der Waals surface area contributed by atoms with E-state index in [2.05, 4.69) is 43.0 Å². The van der Waals surface area contributed by atoms with Crippen LogP contribution in [-0.2, 0) is 6.42 Å². The molecule has 0 atom stereocenters. The summed E-state index contributed by atoms with van der Waals surface area (Å²) in [5, 5.41) is 4.15. The molecule has 1 aliphatic rings. The Balaban J connectivity index is 1.56. The van der Waals surface area contributed by atoms with E-state index in [4.69, 9.17) is 4.52 Å². The second-order valence-electron chi connectivity index (χ2n) is 7.16. The molecule has 3 rings (SSSR count). The maximum atomic E-state index is 12.6. The van der Waals surface area contributed by atoms with Gasteiger partial charge in [0.25, 0.3) is 0 Å². The molecule has 2 amide bonds. The number of piperidine rings is 1. The standard InChI is InChI=1S/C19H28N4O2S/c1-5-23(13(2)3)19(24)22-10-8-15(9-11-22)18-20-17(21-25-18)12-16-7-6-14(4)26-16/h6-7,13,15H,5,8-12H2,1-4H3. The SMILES string of the molecule is CCN(C(=O)N1CCC(c2nc(Cc3ccc(C)s3)no2)CC1)C(C)C. The van der Waals surface area contributed by atoms with E-state index in [1.807, 2.05) is 16.7 Å². The fraction of sp³-hybridized carbons (Fsp3) is 0.632. The van der Waals surface area contributed by atoms with Gasteiger partial charge < -0.3 is 14.3 Å². The third kappa shape index (κ3) is 4.26. The van der Waals surface area contributed by atoms with E-state index >= 15 is 0 Å². The maximum absolute atomic E-state index is 12.6. The first-order valence-electron chi connectivity index (χ1n) is 9.41. The zero-order valence-corrected chi connectivity index (χ0v) is 16.9. The van der Waals surface area contributed by atoms with E-state index < -0.39 is 0 Å². The molecule has 3 heterocycles. The molecule has 0 aliphatic carbocycles. The number of carbonyl (C=O) groups excluding carboxylic acids is 1. The Morgan fingerprint density at radius 2 is 2.12 bits per heavy atom. The highest BCUT2D eigenvalue weighted by atomic mass is 32.1. The summed E-state index contributed by atoms with van der Waals surface area (Å²) >= 11 is 1.77. The van der Waals surface area contributed by atoms with Gasteiger partial charge in [-0.15, -0.1) is 11.3 Å². The highest BCUT2D eigenvalue weighted by molar-refractivity contribution is 7.11. The summed E-state index contributed by atoms with van der Waals surface area (Å²) in [4.78, 5) is 23.6. The first-order valence-corrected chi connectivity index (χ1v) is 10.2. The fourth-order valence-corrected chi connectivity index (χ4v) is 4.35. The summed E-state index contributed by atoms with van der Waals surface area (Å²) in [5.41, 5.74) is 0. The highest BCUT2D eigenvalue weighted by Crippen LogP contribution is 2.28. The van der Waals surface area contributed by atoms with Crippen molar-refractivity contribution in [3.05, 3.63) is 33.6 Å². The monoisotopic (exact) mass is 376 g/mol. The van der Waals surface area contributed by atoms with E-state index in [0.717, 1.165) is 50.6 Å². The van der Waals surface area contributed by atoms with Crippen molar-refractivity contribution < 1.29 is 9.32 Å². The van der Waals surface area contributed by atoms with Crippen LogP contribution in [0.15, 0.2) is 16.7 Å². The molecule has 2 aromatic heterocycles. The minimum Gasteiger partial charge on any atom is -0.339 e. The predicted octanol–water partition coefficient (Wildman–Crippen LogP) is 4.06. The maximum Gasteiger partial charge on any atom is 0.320 e. The lowest BCUT2D eigenvalue weighted by atomic mass is 9.97. The van der Waals surface area contributed by atoms with Crippen molar-refractivity contribution >= 4 is 17.4 Å². The zero-order valence-electron chi connectivity index (χ0n) is 16.1. The molecule has 0 unspecified atom stereocenters. The minimum atomic E-state index is 0.139. The van der Waals surface area contributed by atoms with Crippen molar-refractivity contribution in [3.8, 4) is 0 Å². The molecule has 1 aliphatic heterocycles. The Labute approximate surface area is 159 Å². The van der Waals surface area contributed by atoms with Gasteiger partial charge in [0, 0.05) is 47.8 Å². The van der Waals surface area contributed by atoms with Gasteiger partial charge in [0.15, 0.2) is 5.82 Å². The van der Waals surface area contributed by atoms with E-state index in [9.17, 15) is 4.79 Å². The van der Waals surface area contributed by atoms with Gasteiger partial charge in [-0.1, -0.05) is 5.16 Å². The van der Waals surface area contributed by atoms with Crippen LogP contribution in [0.4, 0.5) is 4.79 Å². The topological polar surface area (TPSA) is 62.5 Å². The Kier molecular flexibility index (Phi) is 5.96. The second kappa shape index (κ2) is 8.20. The quantitative estimate of drug-likeness (QED) is 0.789. The molecule has 26 heavy (non-hydrogen) atoms. The number of hydrogen-bond acceptors (Lipinski definition) is 5. The van der Waals surface area contributed by atoms with E-state index in [1.54, 1.807) is 11.3 Å². The van der Waals surface area contributed by atoms with Crippen LogP contribution in [0.2, 0.25) is 0 Å². The minimum absolute atomic E-state index is 0.139. The molecule has 6 nitrogen and oxygen atoms in total. The van der Waals surface area contributed by atoms with Gasteiger partial charge >= 0.3 is 6.03 Å². The predicted molar refractivity (Wildman–Crippen MR) is 103 cm³/mol. The normalized spacial score (nSPS) is 15.7. The molecule has 2 aromatic rings. The van der Waals surface area contributed by atoms with E-state index in [1.165, 1.54) is 9.75 Å². The Morgan fingerprint density at radius 3 is 2.69 bits per heavy atom. The number of rotatable bonds is 5. The van der Waals surface area contributed by atoms with Gasteiger partial charge in [-0.25, -0.2) is 4.79 Å². The van der Waals surface area contributed by atoms with Crippen LogP contribution in [0.1, 0.15) is 61.0 Å². The fourth-order valence-electron chi connectivity index (χ4n) is 3.46. The summed E-state index contributed by atoms with van der Waals surface area (Å²) in [6.45, 7) is 10.5. The lowest BCUT2D eigenvalue weighted by Gasteiger charge is -2.36. The molecule has 1 saturated heterocycles. The van der Waals surface area contributed by atoms with Crippen LogP contribution in [0.5, 0.6) is 0 Å². The largest absolute Gasteiger partial charge is 0.339 e. The summed E-state index contributed by atoms with van der Waals surface area (Å²) in [5.74, 6) is 1.72. The van der Waals surface area contributed by atoms with Crippen molar-refractivity contribution in [3.63, 3.8) is 0 Å². The summed E-state index contributed by atoms with van der Waals surface area (Å²) in [6.07, 6.45) is 2.47. The Bertz CT molecular complexity index is 731. The summed E-state index contributed by atoms with van der Waals surface area (Å²) in [6, 6.07) is 4.60. The number of amides is 2. The van der Waals surface area contributed by atoms with Gasteiger partial charge in [-0.3, -0.25) is 0 Å². The highest BCUT2D eigenvalue weighted by Gasteiger charge is 2.30.